The van der Waals surface area contributed by atoms with Crippen molar-refractivity contribution >= 4 is 33.7 Å². The third-order valence-electron chi connectivity index (χ3n) is 4.21. The van der Waals surface area contributed by atoms with E-state index in [4.69, 9.17) is 5.73 Å². The number of rotatable bonds is 4. The molecule has 2 aromatic heterocycles. The molecular formula is C17H17FN6OS. The highest BCUT2D eigenvalue weighted by molar-refractivity contribution is 7.84. The summed E-state index contributed by atoms with van der Waals surface area (Å²) >= 11 is -1.39. The van der Waals surface area contributed by atoms with Crippen molar-refractivity contribution in [2.75, 3.05) is 23.5 Å². The maximum absolute atomic E-state index is 14.1. The van der Waals surface area contributed by atoms with Gasteiger partial charge in [0.1, 0.15) is 17.7 Å². The average Bonchev–Trinajstić information content (AvgIpc) is 3.16. The van der Waals surface area contributed by atoms with Crippen molar-refractivity contribution in [3.63, 3.8) is 0 Å². The van der Waals surface area contributed by atoms with E-state index in [1.54, 1.807) is 18.2 Å². The number of aromatic nitrogens is 3. The number of fused-ring (bicyclic) bond motifs is 1. The molecule has 1 atom stereocenters. The fraction of sp³-hybridized carbons (Fsp3) is 0.235. The molecule has 3 aromatic rings. The lowest BCUT2D eigenvalue weighted by atomic mass is 10.1. The summed E-state index contributed by atoms with van der Waals surface area (Å²) in [5.74, 6) is -0.177. The van der Waals surface area contributed by atoms with Crippen molar-refractivity contribution in [2.45, 2.75) is 12.8 Å². The fourth-order valence-electron chi connectivity index (χ4n) is 2.94. The van der Waals surface area contributed by atoms with Crippen molar-refractivity contribution < 1.29 is 8.60 Å². The van der Waals surface area contributed by atoms with Gasteiger partial charge in [-0.3, -0.25) is 4.72 Å². The summed E-state index contributed by atoms with van der Waals surface area (Å²) in [4.78, 5) is 12.5. The lowest BCUT2D eigenvalue weighted by Gasteiger charge is -2.15. The van der Waals surface area contributed by atoms with E-state index in [1.165, 1.54) is 18.5 Å². The van der Waals surface area contributed by atoms with Crippen molar-refractivity contribution in [3.05, 3.63) is 42.5 Å². The number of benzene rings is 1. The van der Waals surface area contributed by atoms with E-state index < -0.39 is 17.0 Å². The van der Waals surface area contributed by atoms with E-state index in [9.17, 15) is 8.60 Å². The Morgan fingerprint density at radius 3 is 2.77 bits per heavy atom. The Balaban J connectivity index is 1.67. The van der Waals surface area contributed by atoms with Gasteiger partial charge < -0.3 is 5.73 Å². The minimum absolute atomic E-state index is 0.265. The Morgan fingerprint density at radius 2 is 1.96 bits per heavy atom. The second-order valence-electron chi connectivity index (χ2n) is 6.04. The molecule has 1 saturated heterocycles. The van der Waals surface area contributed by atoms with E-state index in [2.05, 4.69) is 19.7 Å². The first-order chi connectivity index (χ1) is 12.6. The third-order valence-corrected chi connectivity index (χ3v) is 5.45. The standard InChI is InChI=1S/C17H17FN6OS/c18-12-7-11(8-13(9-12)23-26(25)24-5-1-2-6-24)14-3-4-15-16(22-14)17(19)21-10-20-15/h3-4,7-10,23H,1-2,5-6H2,(H2,19,20,21). The highest BCUT2D eigenvalue weighted by Crippen LogP contribution is 2.26. The summed E-state index contributed by atoms with van der Waals surface area (Å²) in [5.41, 5.74) is 8.45. The van der Waals surface area contributed by atoms with Gasteiger partial charge in [-0.05, 0) is 43.2 Å². The highest BCUT2D eigenvalue weighted by atomic mass is 32.2. The Kier molecular flexibility index (Phi) is 4.48. The summed E-state index contributed by atoms with van der Waals surface area (Å²) < 4.78 is 31.1. The third kappa shape index (κ3) is 3.35. The number of nitrogen functional groups attached to an aromatic ring is 1. The fourth-order valence-corrected chi connectivity index (χ4v) is 3.97. The summed E-state index contributed by atoms with van der Waals surface area (Å²) in [6.07, 6.45) is 3.41. The molecule has 9 heteroatoms. The molecule has 134 valence electrons. The molecule has 0 radical (unpaired) electrons. The second kappa shape index (κ2) is 6.93. The number of nitrogens with one attached hydrogen (secondary N) is 1. The summed E-state index contributed by atoms with van der Waals surface area (Å²) in [6, 6.07) is 7.90. The molecule has 0 aliphatic carbocycles. The van der Waals surface area contributed by atoms with Gasteiger partial charge in [0, 0.05) is 18.7 Å². The number of anilines is 2. The molecule has 0 bridgehead atoms. The second-order valence-corrected chi connectivity index (χ2v) is 7.26. The molecular weight excluding hydrogens is 355 g/mol. The number of halogens is 1. The summed E-state index contributed by atoms with van der Waals surface area (Å²) in [7, 11) is 0. The molecule has 3 heterocycles. The van der Waals surface area contributed by atoms with Crippen LogP contribution in [0.3, 0.4) is 0 Å². The molecule has 26 heavy (non-hydrogen) atoms. The van der Waals surface area contributed by atoms with Gasteiger partial charge in [0.2, 0.25) is 0 Å². The number of hydrogen-bond acceptors (Lipinski definition) is 5. The zero-order valence-corrected chi connectivity index (χ0v) is 14.7. The molecule has 0 saturated carbocycles. The van der Waals surface area contributed by atoms with Gasteiger partial charge in [0.25, 0.3) is 0 Å². The Labute approximate surface area is 152 Å². The van der Waals surface area contributed by atoms with Crippen LogP contribution in [0.5, 0.6) is 0 Å². The lowest BCUT2D eigenvalue weighted by Crippen LogP contribution is -2.27. The van der Waals surface area contributed by atoms with E-state index in [1.807, 2.05) is 4.31 Å². The van der Waals surface area contributed by atoms with Crippen LogP contribution < -0.4 is 10.5 Å². The van der Waals surface area contributed by atoms with E-state index in [0.29, 0.717) is 28.0 Å². The topological polar surface area (TPSA) is 97.0 Å². The molecule has 0 spiro atoms. The number of pyridine rings is 1. The summed E-state index contributed by atoms with van der Waals surface area (Å²) in [5, 5.41) is 0. The number of nitrogens with zero attached hydrogens (tertiary/aromatic N) is 4. The molecule has 1 aliphatic rings. The molecule has 1 unspecified atom stereocenters. The minimum Gasteiger partial charge on any atom is -0.382 e. The van der Waals surface area contributed by atoms with Gasteiger partial charge >= 0.3 is 0 Å². The largest absolute Gasteiger partial charge is 0.382 e. The molecule has 1 aliphatic heterocycles. The lowest BCUT2D eigenvalue weighted by molar-refractivity contribution is 0.540. The first-order valence-electron chi connectivity index (χ1n) is 8.22. The van der Waals surface area contributed by atoms with E-state index in [-0.39, 0.29) is 5.82 Å². The smallest absolute Gasteiger partial charge is 0.196 e. The van der Waals surface area contributed by atoms with E-state index in [0.717, 1.165) is 25.9 Å². The van der Waals surface area contributed by atoms with Crippen molar-refractivity contribution in [1.29, 1.82) is 0 Å². The van der Waals surface area contributed by atoms with Crippen LogP contribution in [-0.2, 0) is 11.2 Å². The normalized spacial score (nSPS) is 16.0. The van der Waals surface area contributed by atoms with Gasteiger partial charge in [0.15, 0.2) is 17.0 Å². The Bertz CT molecular complexity index is 992. The van der Waals surface area contributed by atoms with E-state index >= 15 is 0 Å². The molecule has 0 amide bonds. The monoisotopic (exact) mass is 372 g/mol. The predicted molar refractivity (Wildman–Crippen MR) is 99.7 cm³/mol. The van der Waals surface area contributed by atoms with Crippen LogP contribution in [0, 0.1) is 5.82 Å². The van der Waals surface area contributed by atoms with Crippen molar-refractivity contribution in [2.24, 2.45) is 0 Å². The zero-order valence-electron chi connectivity index (χ0n) is 13.9. The molecule has 1 fully saturated rings. The van der Waals surface area contributed by atoms with Crippen LogP contribution in [0.2, 0.25) is 0 Å². The van der Waals surface area contributed by atoms with Crippen molar-refractivity contribution in [1.82, 2.24) is 19.3 Å². The number of hydrogen-bond donors (Lipinski definition) is 2. The van der Waals surface area contributed by atoms with Gasteiger partial charge in [-0.15, -0.1) is 0 Å². The van der Waals surface area contributed by atoms with Crippen LogP contribution in [0.4, 0.5) is 15.9 Å². The number of nitrogens with two attached hydrogens (primary N) is 1. The Morgan fingerprint density at radius 1 is 1.15 bits per heavy atom. The SMILES string of the molecule is Nc1ncnc2ccc(-c3cc(F)cc(NS(=O)N4CCCC4)c3)nc12. The maximum atomic E-state index is 14.1. The summed E-state index contributed by atoms with van der Waals surface area (Å²) in [6.45, 7) is 1.54. The predicted octanol–water partition coefficient (Wildman–Crippen LogP) is 2.50. The molecule has 4 rings (SSSR count). The maximum Gasteiger partial charge on any atom is 0.196 e. The van der Waals surface area contributed by atoms with Crippen LogP contribution in [0.15, 0.2) is 36.7 Å². The minimum atomic E-state index is -1.39. The zero-order chi connectivity index (χ0) is 18.1. The Hall–Kier alpha value is -2.65. The highest BCUT2D eigenvalue weighted by Gasteiger charge is 2.18. The molecule has 7 nitrogen and oxygen atoms in total. The van der Waals surface area contributed by atoms with Crippen LogP contribution in [0.1, 0.15) is 12.8 Å². The average molecular weight is 372 g/mol. The van der Waals surface area contributed by atoms with Crippen LogP contribution in [0.25, 0.3) is 22.3 Å². The van der Waals surface area contributed by atoms with Crippen LogP contribution in [-0.4, -0.2) is 36.6 Å². The quantitative estimate of drug-likeness (QED) is 0.733. The van der Waals surface area contributed by atoms with Gasteiger partial charge in [-0.2, -0.15) is 0 Å². The van der Waals surface area contributed by atoms with Gasteiger partial charge in [0.05, 0.1) is 16.9 Å². The van der Waals surface area contributed by atoms with Gasteiger partial charge in [-0.1, -0.05) is 0 Å². The molecule has 1 aromatic carbocycles. The van der Waals surface area contributed by atoms with Gasteiger partial charge in [-0.25, -0.2) is 27.9 Å². The first-order valence-corrected chi connectivity index (χ1v) is 9.32. The van der Waals surface area contributed by atoms with Crippen molar-refractivity contribution in [3.8, 4) is 11.3 Å². The van der Waals surface area contributed by atoms with Crippen LogP contribution >= 0.6 is 0 Å². The molecule has 3 N–H and O–H groups in total. The first kappa shape index (κ1) is 16.8.